The second kappa shape index (κ2) is 10.6. The number of hydrogen-bond acceptors (Lipinski definition) is 5. The van der Waals surface area contributed by atoms with E-state index in [-0.39, 0.29) is 18.3 Å². The van der Waals surface area contributed by atoms with Gasteiger partial charge in [0, 0.05) is 41.7 Å². The minimum absolute atomic E-state index is 0.129. The molecule has 0 bridgehead atoms. The maximum absolute atomic E-state index is 13.1. The predicted octanol–water partition coefficient (Wildman–Crippen LogP) is 6.75. The Kier molecular flexibility index (Phi) is 7.35. The van der Waals surface area contributed by atoms with Crippen LogP contribution in [-0.4, -0.2) is 31.3 Å². The molecule has 0 aromatic heterocycles. The molecule has 0 unspecified atom stereocenters. The molecular weight excluding hydrogens is 434 g/mol. The monoisotopic (exact) mass is 467 g/mol. The number of Topliss-reactive ketones (excluding diaryl/α,β-unsaturated/α-hetero) is 1. The van der Waals surface area contributed by atoms with Gasteiger partial charge >= 0.3 is 0 Å². The van der Waals surface area contributed by atoms with Gasteiger partial charge in [0.25, 0.3) is 0 Å². The summed E-state index contributed by atoms with van der Waals surface area (Å²) in [6.45, 7) is 12.7. The largest absolute Gasteiger partial charge is 0.469 e. The molecule has 5 nitrogen and oxygen atoms in total. The summed E-state index contributed by atoms with van der Waals surface area (Å²) in [5, 5.41) is 3.21. The number of nitrogens with one attached hydrogen (secondary N) is 1. The lowest BCUT2D eigenvalue weighted by Gasteiger charge is -2.23. The maximum Gasteiger partial charge on any atom is 0.228 e. The van der Waals surface area contributed by atoms with E-state index in [0.29, 0.717) is 5.56 Å². The molecule has 0 radical (unpaired) electrons. The van der Waals surface area contributed by atoms with Gasteiger partial charge in [-0.05, 0) is 70.0 Å². The highest BCUT2D eigenvalue weighted by Gasteiger charge is 2.25. The van der Waals surface area contributed by atoms with Gasteiger partial charge in [-0.2, -0.15) is 0 Å². The van der Waals surface area contributed by atoms with Crippen molar-refractivity contribution in [1.82, 2.24) is 0 Å². The number of anilines is 2. The van der Waals surface area contributed by atoms with Gasteiger partial charge in [-0.25, -0.2) is 4.99 Å². The maximum atomic E-state index is 13.1. The highest BCUT2D eigenvalue weighted by Crippen LogP contribution is 2.32. The lowest BCUT2D eigenvalue weighted by molar-refractivity contribution is 0.0929. The Hall–Kier alpha value is -3.86. The number of ether oxygens (including phenoxy) is 1. The Labute approximate surface area is 208 Å². The Bertz CT molecular complexity index is 1260. The van der Waals surface area contributed by atoms with Crippen LogP contribution in [-0.2, 0) is 4.74 Å². The van der Waals surface area contributed by atoms with E-state index in [1.54, 1.807) is 6.08 Å². The number of aryl methyl sites for hydroxylation is 3. The first kappa shape index (κ1) is 24.3. The van der Waals surface area contributed by atoms with E-state index in [0.717, 1.165) is 46.9 Å². The van der Waals surface area contributed by atoms with Gasteiger partial charge in [-0.15, -0.1) is 0 Å². The standard InChI is InChI=1S/C30H33N3O2/c1-6-33(7-2)24-16-21(4)29(22(5)17-24)32-27-18-28(30(34)26-11-9-8-10-25(26)27)35-19-31-23-14-12-20(3)13-15-23/h8-18,31H,6-7,19H2,1-5H3. The molecule has 0 saturated heterocycles. The van der Waals surface area contributed by atoms with Crippen molar-refractivity contribution in [1.29, 1.82) is 0 Å². The van der Waals surface area contributed by atoms with Crippen LogP contribution in [0.15, 0.2) is 77.5 Å². The second-order valence-electron chi connectivity index (χ2n) is 8.81. The molecule has 0 saturated carbocycles. The van der Waals surface area contributed by atoms with Crippen LogP contribution in [0.25, 0.3) is 0 Å². The van der Waals surface area contributed by atoms with E-state index in [1.165, 1.54) is 11.3 Å². The van der Waals surface area contributed by atoms with E-state index >= 15 is 0 Å². The molecule has 0 spiro atoms. The third kappa shape index (κ3) is 5.29. The van der Waals surface area contributed by atoms with E-state index in [1.807, 2.05) is 55.5 Å². The van der Waals surface area contributed by atoms with Crippen LogP contribution in [0, 0.1) is 20.8 Å². The molecule has 5 heteroatoms. The summed E-state index contributed by atoms with van der Waals surface area (Å²) in [6, 6.07) is 20.0. The fourth-order valence-electron chi connectivity index (χ4n) is 4.37. The highest BCUT2D eigenvalue weighted by molar-refractivity contribution is 6.26. The SMILES string of the molecule is CCN(CC)c1cc(C)c(N=C2C=C(OCNc3ccc(C)cc3)C(=O)c3ccccc32)c(C)c1. The zero-order chi connectivity index (χ0) is 24.9. The fraction of sp³-hybridized carbons (Fsp3) is 0.267. The first-order valence-corrected chi connectivity index (χ1v) is 12.1. The molecule has 4 rings (SSSR count). The molecule has 0 heterocycles. The number of benzene rings is 3. The number of fused-ring (bicyclic) bond motifs is 1. The van der Waals surface area contributed by atoms with Crippen molar-refractivity contribution in [2.24, 2.45) is 4.99 Å². The van der Waals surface area contributed by atoms with Gasteiger partial charge in [-0.3, -0.25) is 4.79 Å². The summed E-state index contributed by atoms with van der Waals surface area (Å²) in [5.41, 5.74) is 8.62. The number of carbonyl (C=O) groups excluding carboxylic acids is 1. The summed E-state index contributed by atoms with van der Waals surface area (Å²) >= 11 is 0. The molecule has 1 N–H and O–H groups in total. The summed E-state index contributed by atoms with van der Waals surface area (Å²) < 4.78 is 5.91. The van der Waals surface area contributed by atoms with E-state index in [9.17, 15) is 4.79 Å². The number of rotatable bonds is 8. The Balaban J connectivity index is 1.66. The van der Waals surface area contributed by atoms with Gasteiger partial charge in [0.1, 0.15) is 0 Å². The Morgan fingerprint density at radius 1 is 0.886 bits per heavy atom. The first-order valence-electron chi connectivity index (χ1n) is 12.1. The number of aliphatic imine (C=N–C) groups is 1. The molecule has 3 aromatic carbocycles. The third-order valence-corrected chi connectivity index (χ3v) is 6.33. The minimum Gasteiger partial charge on any atom is -0.469 e. The van der Waals surface area contributed by atoms with E-state index in [4.69, 9.17) is 9.73 Å². The quantitative estimate of drug-likeness (QED) is 0.373. The van der Waals surface area contributed by atoms with Crippen LogP contribution in [0.1, 0.15) is 46.5 Å². The zero-order valence-corrected chi connectivity index (χ0v) is 21.2. The van der Waals surface area contributed by atoms with Crippen LogP contribution in [0.2, 0.25) is 0 Å². The van der Waals surface area contributed by atoms with Crippen molar-refractivity contribution >= 4 is 28.6 Å². The minimum atomic E-state index is -0.129. The molecule has 35 heavy (non-hydrogen) atoms. The molecule has 1 aliphatic rings. The van der Waals surface area contributed by atoms with Crippen LogP contribution in [0.4, 0.5) is 17.1 Å². The molecule has 0 aliphatic heterocycles. The fourth-order valence-corrected chi connectivity index (χ4v) is 4.37. The molecule has 0 fully saturated rings. The lowest BCUT2D eigenvalue weighted by Crippen LogP contribution is -2.22. The predicted molar refractivity (Wildman–Crippen MR) is 145 cm³/mol. The molecular formula is C30H33N3O2. The van der Waals surface area contributed by atoms with E-state index < -0.39 is 0 Å². The zero-order valence-electron chi connectivity index (χ0n) is 21.2. The molecule has 0 atom stereocenters. The van der Waals surface area contributed by atoms with Crippen molar-refractivity contribution in [2.75, 3.05) is 30.0 Å². The normalized spacial score (nSPS) is 13.9. The average molecular weight is 468 g/mol. The Morgan fingerprint density at radius 2 is 1.51 bits per heavy atom. The molecule has 1 aliphatic carbocycles. The van der Waals surface area contributed by atoms with Crippen molar-refractivity contribution in [3.63, 3.8) is 0 Å². The third-order valence-electron chi connectivity index (χ3n) is 6.33. The smallest absolute Gasteiger partial charge is 0.228 e. The Morgan fingerprint density at radius 3 is 2.14 bits per heavy atom. The highest BCUT2D eigenvalue weighted by atomic mass is 16.5. The van der Waals surface area contributed by atoms with Crippen LogP contribution >= 0.6 is 0 Å². The number of carbonyl (C=O) groups is 1. The van der Waals surface area contributed by atoms with Crippen LogP contribution in [0.3, 0.4) is 0 Å². The summed E-state index contributed by atoms with van der Waals surface area (Å²) in [5.74, 6) is 0.160. The molecule has 3 aromatic rings. The second-order valence-corrected chi connectivity index (χ2v) is 8.81. The van der Waals surface area contributed by atoms with Crippen molar-refractivity contribution in [2.45, 2.75) is 34.6 Å². The number of hydrogen-bond donors (Lipinski definition) is 1. The van der Waals surface area contributed by atoms with Gasteiger partial charge < -0.3 is 15.0 Å². The van der Waals surface area contributed by atoms with Crippen molar-refractivity contribution < 1.29 is 9.53 Å². The number of nitrogens with zero attached hydrogens (tertiary/aromatic N) is 2. The first-order chi connectivity index (χ1) is 16.9. The van der Waals surface area contributed by atoms with E-state index in [2.05, 4.69) is 50.0 Å². The summed E-state index contributed by atoms with van der Waals surface area (Å²) in [7, 11) is 0. The van der Waals surface area contributed by atoms with Crippen LogP contribution < -0.4 is 10.2 Å². The lowest BCUT2D eigenvalue weighted by atomic mass is 9.92. The summed E-state index contributed by atoms with van der Waals surface area (Å²) in [4.78, 5) is 20.5. The molecule has 180 valence electrons. The van der Waals surface area contributed by atoms with Crippen molar-refractivity contribution in [3.8, 4) is 0 Å². The molecule has 0 amide bonds. The van der Waals surface area contributed by atoms with Gasteiger partial charge in [0.05, 0.1) is 11.4 Å². The number of allylic oxidation sites excluding steroid dienone is 2. The summed E-state index contributed by atoms with van der Waals surface area (Å²) in [6.07, 6.45) is 1.76. The van der Waals surface area contributed by atoms with Gasteiger partial charge in [-0.1, -0.05) is 42.0 Å². The van der Waals surface area contributed by atoms with Gasteiger partial charge in [0.2, 0.25) is 5.78 Å². The topological polar surface area (TPSA) is 53.9 Å². The van der Waals surface area contributed by atoms with Crippen molar-refractivity contribution in [3.05, 3.63) is 100 Å². The van der Waals surface area contributed by atoms with Gasteiger partial charge in [0.15, 0.2) is 12.5 Å². The number of ketones is 1. The average Bonchev–Trinajstić information content (AvgIpc) is 2.85. The van der Waals surface area contributed by atoms with Crippen LogP contribution in [0.5, 0.6) is 0 Å².